The summed E-state index contributed by atoms with van der Waals surface area (Å²) in [6.07, 6.45) is 7.49. The molecule has 108 valence electrons. The lowest BCUT2D eigenvalue weighted by atomic mass is 9.96. The summed E-state index contributed by atoms with van der Waals surface area (Å²) in [5, 5.41) is 3.37. The van der Waals surface area contributed by atoms with Crippen molar-refractivity contribution in [2.45, 2.75) is 6.04 Å². The molecule has 1 unspecified atom stereocenters. The van der Waals surface area contributed by atoms with E-state index in [4.69, 9.17) is 0 Å². The third-order valence-electron chi connectivity index (χ3n) is 4.18. The van der Waals surface area contributed by atoms with Crippen molar-refractivity contribution < 1.29 is 14.2 Å². The highest BCUT2D eigenvalue weighted by Gasteiger charge is 2.40. The molecular formula is C17H14N3O2+. The second-order valence-corrected chi connectivity index (χ2v) is 5.46. The zero-order chi connectivity index (χ0) is 15.3. The summed E-state index contributed by atoms with van der Waals surface area (Å²) in [4.78, 5) is 27.8. The van der Waals surface area contributed by atoms with Crippen LogP contribution in [0, 0.1) is 0 Å². The van der Waals surface area contributed by atoms with Crippen LogP contribution in [0.1, 0.15) is 5.56 Å². The smallest absolute Gasteiger partial charge is 0.261 e. The number of nitrogens with zero attached hydrogens (tertiary/aromatic N) is 1. The standard InChI is InChI=1S/C17H13N3O2/c1-20-8-4-7-13(20)15-14(16(21)19-17(15)22)11-9-18-12-6-3-2-5-10(11)12/h2-9,13H,1H3,(H-,18,19,21,22)/p+1. The molecule has 0 spiro atoms. The molecule has 2 aliphatic rings. The van der Waals surface area contributed by atoms with Gasteiger partial charge in [-0.15, -0.1) is 0 Å². The van der Waals surface area contributed by atoms with Gasteiger partial charge in [0.1, 0.15) is 12.6 Å². The molecule has 0 saturated carbocycles. The van der Waals surface area contributed by atoms with Gasteiger partial charge in [0.2, 0.25) is 6.04 Å². The van der Waals surface area contributed by atoms with Crippen LogP contribution < -0.4 is 5.32 Å². The summed E-state index contributed by atoms with van der Waals surface area (Å²) in [5.74, 6) is -0.652. The van der Waals surface area contributed by atoms with Crippen LogP contribution in [0.3, 0.4) is 0 Å². The number of amides is 2. The van der Waals surface area contributed by atoms with Crippen molar-refractivity contribution in [1.82, 2.24) is 10.3 Å². The number of carbonyl (C=O) groups excluding carboxylic acids is 2. The van der Waals surface area contributed by atoms with Gasteiger partial charge >= 0.3 is 0 Å². The first-order valence-corrected chi connectivity index (χ1v) is 7.07. The van der Waals surface area contributed by atoms with Gasteiger partial charge in [0, 0.05) is 28.7 Å². The Morgan fingerprint density at radius 3 is 2.73 bits per heavy atom. The highest BCUT2D eigenvalue weighted by molar-refractivity contribution is 6.37. The Hall–Kier alpha value is -2.95. The average Bonchev–Trinajstić information content (AvgIpc) is 3.16. The molecule has 0 bridgehead atoms. The molecule has 2 amide bonds. The Bertz CT molecular complexity index is 915. The molecule has 2 N–H and O–H groups in total. The minimum atomic E-state index is -0.335. The number of likely N-dealkylation sites (N-methyl/N-ethyl adjacent to an activating group) is 1. The van der Waals surface area contributed by atoms with E-state index in [0.29, 0.717) is 11.1 Å². The molecule has 5 nitrogen and oxygen atoms in total. The number of aromatic amines is 1. The fourth-order valence-electron chi connectivity index (χ4n) is 3.12. The molecule has 4 rings (SSSR count). The monoisotopic (exact) mass is 292 g/mol. The molecular weight excluding hydrogens is 278 g/mol. The first-order valence-electron chi connectivity index (χ1n) is 7.07. The Morgan fingerprint density at radius 2 is 1.95 bits per heavy atom. The molecule has 1 aromatic heterocycles. The number of fused-ring (bicyclic) bond motifs is 1. The third-order valence-corrected chi connectivity index (χ3v) is 4.18. The number of aromatic nitrogens is 1. The lowest BCUT2D eigenvalue weighted by Gasteiger charge is -2.07. The van der Waals surface area contributed by atoms with E-state index in [-0.39, 0.29) is 17.9 Å². The van der Waals surface area contributed by atoms with Gasteiger partial charge in [0.15, 0.2) is 6.21 Å². The van der Waals surface area contributed by atoms with E-state index in [9.17, 15) is 9.59 Å². The summed E-state index contributed by atoms with van der Waals surface area (Å²) in [7, 11) is 1.89. The number of hydrogen-bond donors (Lipinski definition) is 2. The van der Waals surface area contributed by atoms with E-state index in [1.165, 1.54) is 0 Å². The van der Waals surface area contributed by atoms with Gasteiger partial charge in [-0.3, -0.25) is 14.9 Å². The molecule has 3 heterocycles. The number of carbonyl (C=O) groups is 2. The van der Waals surface area contributed by atoms with Crippen LogP contribution in [0.4, 0.5) is 0 Å². The summed E-state index contributed by atoms with van der Waals surface area (Å²) >= 11 is 0. The van der Waals surface area contributed by atoms with Crippen LogP contribution >= 0.6 is 0 Å². The largest absolute Gasteiger partial charge is 0.361 e. The van der Waals surface area contributed by atoms with Crippen LogP contribution in [0.15, 0.2) is 48.2 Å². The fourth-order valence-corrected chi connectivity index (χ4v) is 3.12. The molecule has 1 atom stereocenters. The van der Waals surface area contributed by atoms with E-state index in [2.05, 4.69) is 10.3 Å². The van der Waals surface area contributed by atoms with E-state index >= 15 is 0 Å². The third kappa shape index (κ3) is 1.69. The summed E-state index contributed by atoms with van der Waals surface area (Å²) in [5.41, 5.74) is 2.67. The lowest BCUT2D eigenvalue weighted by molar-refractivity contribution is -0.506. The summed E-state index contributed by atoms with van der Waals surface area (Å²) in [6.45, 7) is 0. The van der Waals surface area contributed by atoms with Crippen molar-refractivity contribution in [2.75, 3.05) is 7.05 Å². The number of para-hydroxylation sites is 1. The maximum atomic E-state index is 12.3. The van der Waals surface area contributed by atoms with Gasteiger partial charge < -0.3 is 4.98 Å². The Kier molecular flexibility index (Phi) is 2.63. The molecule has 0 aliphatic carbocycles. The van der Waals surface area contributed by atoms with E-state index < -0.39 is 0 Å². The maximum absolute atomic E-state index is 12.3. The second kappa shape index (κ2) is 4.53. The van der Waals surface area contributed by atoms with Gasteiger partial charge in [-0.25, -0.2) is 4.58 Å². The van der Waals surface area contributed by atoms with Crippen molar-refractivity contribution >= 4 is 34.5 Å². The lowest BCUT2D eigenvalue weighted by Crippen LogP contribution is -2.29. The van der Waals surface area contributed by atoms with Gasteiger partial charge in [-0.05, 0) is 12.1 Å². The minimum Gasteiger partial charge on any atom is -0.361 e. The first kappa shape index (κ1) is 12.8. The van der Waals surface area contributed by atoms with Crippen molar-refractivity contribution in [3.8, 4) is 0 Å². The van der Waals surface area contributed by atoms with Gasteiger partial charge in [0.05, 0.1) is 5.57 Å². The van der Waals surface area contributed by atoms with E-state index in [0.717, 1.165) is 16.5 Å². The van der Waals surface area contributed by atoms with Gasteiger partial charge in [0.25, 0.3) is 11.8 Å². The fraction of sp³-hybridized carbons (Fsp3) is 0.118. The quantitative estimate of drug-likeness (QED) is 0.646. The van der Waals surface area contributed by atoms with E-state index in [1.807, 2.05) is 54.3 Å². The number of rotatable bonds is 2. The number of allylic oxidation sites excluding steroid dienone is 1. The molecule has 5 heteroatoms. The zero-order valence-corrected chi connectivity index (χ0v) is 12.0. The number of hydrogen-bond acceptors (Lipinski definition) is 2. The van der Waals surface area contributed by atoms with Crippen LogP contribution in [-0.4, -0.2) is 40.7 Å². The number of imide groups is 1. The van der Waals surface area contributed by atoms with Crippen LogP contribution in [0.25, 0.3) is 16.5 Å². The van der Waals surface area contributed by atoms with Crippen molar-refractivity contribution in [3.05, 3.63) is 53.8 Å². The molecule has 1 aromatic carbocycles. The normalized spacial score (nSPS) is 21.0. The highest BCUT2D eigenvalue weighted by Crippen LogP contribution is 2.32. The van der Waals surface area contributed by atoms with Crippen molar-refractivity contribution in [2.24, 2.45) is 0 Å². The first-order chi connectivity index (χ1) is 10.7. The van der Waals surface area contributed by atoms with Gasteiger partial charge in [-0.2, -0.15) is 0 Å². The Labute approximate surface area is 126 Å². The molecule has 2 aliphatic heterocycles. The van der Waals surface area contributed by atoms with Crippen LogP contribution in [0.2, 0.25) is 0 Å². The Morgan fingerprint density at radius 1 is 1.14 bits per heavy atom. The predicted octanol–water partition coefficient (Wildman–Crippen LogP) is 1.23. The molecule has 22 heavy (non-hydrogen) atoms. The average molecular weight is 292 g/mol. The molecule has 0 radical (unpaired) electrons. The van der Waals surface area contributed by atoms with Crippen molar-refractivity contribution in [1.29, 1.82) is 0 Å². The predicted molar refractivity (Wildman–Crippen MR) is 83.5 cm³/mol. The minimum absolute atomic E-state index is 0.213. The van der Waals surface area contributed by atoms with Crippen LogP contribution in [0.5, 0.6) is 0 Å². The second-order valence-electron chi connectivity index (χ2n) is 5.46. The maximum Gasteiger partial charge on any atom is 0.261 e. The number of H-pyrrole nitrogens is 1. The molecule has 0 fully saturated rings. The summed E-state index contributed by atoms with van der Waals surface area (Å²) in [6, 6.07) is 7.53. The molecule has 0 saturated heterocycles. The molecule has 2 aromatic rings. The topological polar surface area (TPSA) is 65.0 Å². The highest BCUT2D eigenvalue weighted by atomic mass is 16.2. The van der Waals surface area contributed by atoms with Crippen LogP contribution in [-0.2, 0) is 9.59 Å². The van der Waals surface area contributed by atoms with Crippen molar-refractivity contribution in [3.63, 3.8) is 0 Å². The zero-order valence-electron chi connectivity index (χ0n) is 12.0. The Balaban J connectivity index is 1.98. The number of benzene rings is 1. The van der Waals surface area contributed by atoms with E-state index in [1.54, 1.807) is 6.20 Å². The summed E-state index contributed by atoms with van der Waals surface area (Å²) < 4.78 is 1.92. The SMILES string of the molecule is C[N+]1=CC=CC1C1=C(c2c[nH]c3ccccc23)C(=O)NC1=O. The van der Waals surface area contributed by atoms with Gasteiger partial charge in [-0.1, -0.05) is 18.2 Å². The number of nitrogens with one attached hydrogen (secondary N) is 2.